The van der Waals surface area contributed by atoms with Crippen LogP contribution < -0.4 is 15.8 Å². The smallest absolute Gasteiger partial charge is 0.406 e. The number of aryl methyl sites for hydroxylation is 1. The molecule has 0 aliphatic carbocycles. The Kier molecular flexibility index (Phi) is 4.70. The summed E-state index contributed by atoms with van der Waals surface area (Å²) in [6.45, 7) is 2.21. The van der Waals surface area contributed by atoms with Crippen LogP contribution in [-0.2, 0) is 6.54 Å². The van der Waals surface area contributed by atoms with E-state index in [0.717, 1.165) is 16.6 Å². The van der Waals surface area contributed by atoms with Gasteiger partial charge >= 0.3 is 6.36 Å². The Balaban J connectivity index is 1.63. The fourth-order valence-electron chi connectivity index (χ4n) is 2.39. The Labute approximate surface area is 146 Å². The van der Waals surface area contributed by atoms with E-state index in [1.807, 2.05) is 25.1 Å². The third-order valence-electron chi connectivity index (χ3n) is 3.52. The number of alkyl halides is 3. The van der Waals surface area contributed by atoms with Gasteiger partial charge in [-0.15, -0.1) is 13.2 Å². The van der Waals surface area contributed by atoms with Crippen LogP contribution in [0.2, 0.25) is 0 Å². The zero-order valence-corrected chi connectivity index (χ0v) is 13.8. The first-order valence-electron chi connectivity index (χ1n) is 7.67. The molecule has 0 aliphatic rings. The lowest BCUT2D eigenvalue weighted by Crippen LogP contribution is -2.22. The number of nitrogens with zero attached hydrogens (tertiary/aromatic N) is 2. The highest BCUT2D eigenvalue weighted by molar-refractivity contribution is 5.92. The minimum Gasteiger partial charge on any atom is -0.406 e. The molecule has 0 saturated heterocycles. The van der Waals surface area contributed by atoms with Crippen molar-refractivity contribution in [3.8, 4) is 5.75 Å². The molecule has 0 fully saturated rings. The number of anilines is 1. The summed E-state index contributed by atoms with van der Waals surface area (Å²) in [4.78, 5) is 11.8. The van der Waals surface area contributed by atoms with Crippen molar-refractivity contribution in [2.45, 2.75) is 19.8 Å². The molecule has 136 valence electrons. The summed E-state index contributed by atoms with van der Waals surface area (Å²) in [5.41, 5.74) is 9.15. The lowest BCUT2D eigenvalue weighted by molar-refractivity contribution is -0.274. The number of imidazole rings is 1. The molecule has 26 heavy (non-hydrogen) atoms. The van der Waals surface area contributed by atoms with Gasteiger partial charge in [-0.05, 0) is 42.8 Å². The molecule has 0 aliphatic heterocycles. The number of H-pyrrole nitrogens is 1. The van der Waals surface area contributed by atoms with Crippen molar-refractivity contribution in [1.82, 2.24) is 9.97 Å². The molecule has 1 heterocycles. The molecule has 0 spiro atoms. The van der Waals surface area contributed by atoms with E-state index in [-0.39, 0.29) is 18.3 Å². The van der Waals surface area contributed by atoms with E-state index in [1.165, 1.54) is 24.3 Å². The van der Waals surface area contributed by atoms with Crippen LogP contribution in [0.5, 0.6) is 5.75 Å². The molecule has 3 rings (SSSR count). The van der Waals surface area contributed by atoms with Crippen molar-refractivity contribution in [1.29, 1.82) is 0 Å². The van der Waals surface area contributed by atoms with Crippen LogP contribution in [0.1, 0.15) is 11.4 Å². The molecule has 6 nitrogen and oxygen atoms in total. The van der Waals surface area contributed by atoms with Gasteiger partial charge < -0.3 is 20.8 Å². The first-order valence-corrected chi connectivity index (χ1v) is 7.67. The average molecular weight is 363 g/mol. The topological polar surface area (TPSA) is 88.3 Å². The monoisotopic (exact) mass is 363 g/mol. The molecule has 2 aromatic carbocycles. The minimum absolute atomic E-state index is 0.117. The maximum absolute atomic E-state index is 12.1. The molecule has 0 amide bonds. The number of fused-ring (bicyclic) bond motifs is 1. The predicted octanol–water partition coefficient (Wildman–Crippen LogP) is 3.70. The van der Waals surface area contributed by atoms with Crippen LogP contribution in [-0.4, -0.2) is 22.3 Å². The van der Waals surface area contributed by atoms with Crippen molar-refractivity contribution in [3.63, 3.8) is 0 Å². The molecular weight excluding hydrogens is 347 g/mol. The number of aromatic amines is 1. The Morgan fingerprint density at radius 2 is 1.96 bits per heavy atom. The van der Waals surface area contributed by atoms with Crippen LogP contribution in [0.25, 0.3) is 11.0 Å². The lowest BCUT2D eigenvalue weighted by Gasteiger charge is -2.10. The largest absolute Gasteiger partial charge is 0.573 e. The van der Waals surface area contributed by atoms with Crippen LogP contribution in [0.3, 0.4) is 0 Å². The van der Waals surface area contributed by atoms with Crippen molar-refractivity contribution in [2.75, 3.05) is 5.32 Å². The van der Waals surface area contributed by atoms with Gasteiger partial charge in [0.2, 0.25) is 0 Å². The molecule has 1 aromatic heterocycles. The van der Waals surface area contributed by atoms with Gasteiger partial charge in [0.1, 0.15) is 18.1 Å². The third-order valence-corrected chi connectivity index (χ3v) is 3.52. The highest BCUT2D eigenvalue weighted by atomic mass is 19.4. The van der Waals surface area contributed by atoms with Crippen molar-refractivity contribution in [2.24, 2.45) is 10.7 Å². The molecule has 0 bridgehead atoms. The average Bonchev–Trinajstić information content (AvgIpc) is 2.98. The van der Waals surface area contributed by atoms with Crippen molar-refractivity contribution in [3.05, 3.63) is 53.9 Å². The zero-order chi connectivity index (χ0) is 18.7. The normalized spacial score (nSPS) is 12.4. The second kappa shape index (κ2) is 6.95. The van der Waals surface area contributed by atoms with Gasteiger partial charge in [-0.1, -0.05) is 12.1 Å². The number of guanidine groups is 1. The van der Waals surface area contributed by atoms with Crippen molar-refractivity contribution >= 4 is 22.7 Å². The fourth-order valence-corrected chi connectivity index (χ4v) is 2.39. The van der Waals surface area contributed by atoms with Gasteiger partial charge in [-0.3, -0.25) is 0 Å². The number of aromatic nitrogens is 2. The SMILES string of the molecule is Cc1cccc2[nH]c(CN=C(N)Nc3ccc(OC(F)(F)F)cc3)nc12. The van der Waals surface area contributed by atoms with Crippen LogP contribution in [0.4, 0.5) is 18.9 Å². The number of rotatable bonds is 4. The number of para-hydroxylation sites is 1. The summed E-state index contributed by atoms with van der Waals surface area (Å²) in [7, 11) is 0. The summed E-state index contributed by atoms with van der Waals surface area (Å²) >= 11 is 0. The van der Waals surface area contributed by atoms with Crippen LogP contribution >= 0.6 is 0 Å². The minimum atomic E-state index is -4.72. The Morgan fingerprint density at radius 1 is 1.23 bits per heavy atom. The van der Waals surface area contributed by atoms with Gasteiger partial charge in [0, 0.05) is 5.69 Å². The quantitative estimate of drug-likeness (QED) is 0.487. The highest BCUT2D eigenvalue weighted by Crippen LogP contribution is 2.23. The summed E-state index contributed by atoms with van der Waals surface area (Å²) < 4.78 is 40.2. The van der Waals surface area contributed by atoms with E-state index < -0.39 is 6.36 Å². The molecule has 0 radical (unpaired) electrons. The van der Waals surface area contributed by atoms with Crippen LogP contribution in [0, 0.1) is 6.92 Å². The van der Waals surface area contributed by atoms with E-state index in [4.69, 9.17) is 5.73 Å². The van der Waals surface area contributed by atoms with E-state index >= 15 is 0 Å². The summed E-state index contributed by atoms with van der Waals surface area (Å²) in [5.74, 6) is 0.468. The molecule has 4 N–H and O–H groups in total. The lowest BCUT2D eigenvalue weighted by atomic mass is 10.2. The number of nitrogens with one attached hydrogen (secondary N) is 2. The molecule has 0 saturated carbocycles. The standard InChI is InChI=1S/C17H16F3N5O/c1-10-3-2-4-13-15(10)25-14(24-13)9-22-16(21)23-11-5-7-12(8-6-11)26-17(18,19)20/h2-8H,9H2,1H3,(H,24,25)(H3,21,22,23). The first-order chi connectivity index (χ1) is 12.3. The van der Waals surface area contributed by atoms with Gasteiger partial charge in [-0.2, -0.15) is 0 Å². The third kappa shape index (κ3) is 4.44. The van der Waals surface area contributed by atoms with Gasteiger partial charge in [0.05, 0.1) is 11.0 Å². The number of hydrogen-bond donors (Lipinski definition) is 3. The number of hydrogen-bond acceptors (Lipinski definition) is 3. The zero-order valence-electron chi connectivity index (χ0n) is 13.8. The van der Waals surface area contributed by atoms with Gasteiger partial charge in [0.15, 0.2) is 5.96 Å². The first kappa shape index (κ1) is 17.6. The Hall–Kier alpha value is -3.23. The van der Waals surface area contributed by atoms with Gasteiger partial charge in [0.25, 0.3) is 0 Å². The molecular formula is C17H16F3N5O. The van der Waals surface area contributed by atoms with Crippen molar-refractivity contribution < 1.29 is 17.9 Å². The predicted molar refractivity (Wildman–Crippen MR) is 92.9 cm³/mol. The number of aliphatic imine (C=N–C) groups is 1. The van der Waals surface area contributed by atoms with Crippen LogP contribution in [0.15, 0.2) is 47.5 Å². The highest BCUT2D eigenvalue weighted by Gasteiger charge is 2.30. The van der Waals surface area contributed by atoms with E-state index in [0.29, 0.717) is 11.5 Å². The summed E-state index contributed by atoms with van der Waals surface area (Å²) in [6, 6.07) is 11.0. The van der Waals surface area contributed by atoms with E-state index in [2.05, 4.69) is 25.0 Å². The Morgan fingerprint density at radius 3 is 2.62 bits per heavy atom. The second-order valence-electron chi connectivity index (χ2n) is 5.55. The van der Waals surface area contributed by atoms with E-state index in [1.54, 1.807) is 0 Å². The van der Waals surface area contributed by atoms with Gasteiger partial charge in [-0.25, -0.2) is 9.98 Å². The fraction of sp³-hybridized carbons (Fsp3) is 0.176. The maximum atomic E-state index is 12.1. The van der Waals surface area contributed by atoms with E-state index in [9.17, 15) is 13.2 Å². The molecule has 0 atom stereocenters. The molecule has 3 aromatic rings. The second-order valence-corrected chi connectivity index (χ2v) is 5.55. The Bertz CT molecular complexity index is 932. The molecule has 9 heteroatoms. The summed E-state index contributed by atoms with van der Waals surface area (Å²) in [6.07, 6.45) is -4.72. The molecule has 0 unspecified atom stereocenters. The summed E-state index contributed by atoms with van der Waals surface area (Å²) in [5, 5.41) is 2.80. The number of ether oxygens (including phenoxy) is 1. The number of halogens is 3. The maximum Gasteiger partial charge on any atom is 0.573 e. The number of nitrogens with two attached hydrogens (primary N) is 1. The number of benzene rings is 2.